The molecular formula is C12H9BrClNO. The lowest BCUT2D eigenvalue weighted by atomic mass is 10.1. The zero-order valence-corrected chi connectivity index (χ0v) is 10.7. The molecule has 2 rings (SSSR count). The fraction of sp³-hybridized carbons (Fsp3) is 0.0833. The van der Waals surface area contributed by atoms with Crippen molar-refractivity contribution in [3.63, 3.8) is 0 Å². The average molecular weight is 299 g/mol. The van der Waals surface area contributed by atoms with E-state index in [1.807, 2.05) is 30.3 Å². The molecule has 0 aliphatic heterocycles. The molecule has 1 N–H and O–H groups in total. The first kappa shape index (κ1) is 11.4. The lowest BCUT2D eigenvalue weighted by Gasteiger charge is -2.06. The Labute approximate surface area is 106 Å². The van der Waals surface area contributed by atoms with Crippen molar-refractivity contribution < 1.29 is 0 Å². The van der Waals surface area contributed by atoms with Crippen LogP contribution in [0.15, 0.2) is 45.8 Å². The third-order valence-electron chi connectivity index (χ3n) is 2.31. The van der Waals surface area contributed by atoms with Gasteiger partial charge in [-0.05, 0) is 27.1 Å². The highest BCUT2D eigenvalue weighted by atomic mass is 79.9. The first-order valence-electron chi connectivity index (χ1n) is 4.78. The second-order valence-electron chi connectivity index (χ2n) is 3.42. The summed E-state index contributed by atoms with van der Waals surface area (Å²) in [5.74, 6) is 0. The Hall–Kier alpha value is -1.06. The van der Waals surface area contributed by atoms with Crippen LogP contribution >= 0.6 is 27.5 Å². The molecule has 0 aliphatic carbocycles. The highest BCUT2D eigenvalue weighted by molar-refractivity contribution is 9.10. The van der Waals surface area contributed by atoms with Crippen LogP contribution in [-0.2, 0) is 6.42 Å². The van der Waals surface area contributed by atoms with Crippen molar-refractivity contribution in [1.29, 1.82) is 0 Å². The van der Waals surface area contributed by atoms with Gasteiger partial charge < -0.3 is 4.98 Å². The van der Waals surface area contributed by atoms with Crippen molar-refractivity contribution in [2.75, 3.05) is 0 Å². The SMILES string of the molecule is O=c1[nH]cc(Cl)c(Cc2ccccc2)c1Br. The van der Waals surface area contributed by atoms with E-state index in [4.69, 9.17) is 11.6 Å². The van der Waals surface area contributed by atoms with Crippen LogP contribution in [0.2, 0.25) is 5.02 Å². The number of aromatic amines is 1. The number of rotatable bonds is 2. The molecule has 0 saturated carbocycles. The number of aromatic nitrogens is 1. The molecule has 0 unspecified atom stereocenters. The van der Waals surface area contributed by atoms with E-state index in [1.165, 1.54) is 6.20 Å². The summed E-state index contributed by atoms with van der Waals surface area (Å²) in [7, 11) is 0. The highest BCUT2D eigenvalue weighted by Gasteiger charge is 2.09. The third-order valence-corrected chi connectivity index (χ3v) is 3.48. The molecule has 16 heavy (non-hydrogen) atoms. The van der Waals surface area contributed by atoms with Gasteiger partial charge in [0.05, 0.1) is 9.50 Å². The smallest absolute Gasteiger partial charge is 0.262 e. The minimum absolute atomic E-state index is 0.157. The molecule has 1 aromatic heterocycles. The van der Waals surface area contributed by atoms with Gasteiger partial charge in [-0.3, -0.25) is 4.79 Å². The van der Waals surface area contributed by atoms with E-state index in [-0.39, 0.29) is 5.56 Å². The molecule has 4 heteroatoms. The van der Waals surface area contributed by atoms with E-state index in [2.05, 4.69) is 20.9 Å². The Morgan fingerprint density at radius 2 is 1.94 bits per heavy atom. The molecule has 0 aliphatic rings. The quantitative estimate of drug-likeness (QED) is 0.906. The maximum atomic E-state index is 11.4. The summed E-state index contributed by atoms with van der Waals surface area (Å²) >= 11 is 9.31. The normalized spacial score (nSPS) is 10.4. The third kappa shape index (κ3) is 2.36. The van der Waals surface area contributed by atoms with Crippen LogP contribution in [0.3, 0.4) is 0 Å². The first-order valence-corrected chi connectivity index (χ1v) is 5.95. The van der Waals surface area contributed by atoms with Gasteiger partial charge in [0.1, 0.15) is 0 Å². The zero-order valence-electron chi connectivity index (χ0n) is 8.34. The Morgan fingerprint density at radius 3 is 2.62 bits per heavy atom. The van der Waals surface area contributed by atoms with Gasteiger partial charge in [0.15, 0.2) is 0 Å². The van der Waals surface area contributed by atoms with Gasteiger partial charge in [0, 0.05) is 12.6 Å². The molecule has 0 radical (unpaired) electrons. The Balaban J connectivity index is 2.42. The van der Waals surface area contributed by atoms with E-state index in [9.17, 15) is 4.79 Å². The predicted molar refractivity (Wildman–Crippen MR) is 69.0 cm³/mol. The Kier molecular flexibility index (Phi) is 3.46. The van der Waals surface area contributed by atoms with Crippen LogP contribution in [0.1, 0.15) is 11.1 Å². The van der Waals surface area contributed by atoms with Gasteiger partial charge in [-0.2, -0.15) is 0 Å². The number of pyridine rings is 1. The standard InChI is InChI=1S/C12H9BrClNO/c13-11-9(10(14)7-15-12(11)16)6-8-4-2-1-3-5-8/h1-5,7H,6H2,(H,15,16). The Morgan fingerprint density at radius 1 is 1.25 bits per heavy atom. The molecule has 2 aromatic rings. The number of hydrogen-bond acceptors (Lipinski definition) is 1. The van der Waals surface area contributed by atoms with Gasteiger partial charge in [-0.15, -0.1) is 0 Å². The minimum Gasteiger partial charge on any atom is -0.327 e. The fourth-order valence-corrected chi connectivity index (χ4v) is 2.28. The van der Waals surface area contributed by atoms with Crippen molar-refractivity contribution in [2.45, 2.75) is 6.42 Å². The van der Waals surface area contributed by atoms with E-state index < -0.39 is 0 Å². The van der Waals surface area contributed by atoms with Crippen LogP contribution < -0.4 is 5.56 Å². The summed E-state index contributed by atoms with van der Waals surface area (Å²) in [6.45, 7) is 0. The van der Waals surface area contributed by atoms with E-state index in [1.54, 1.807) is 0 Å². The van der Waals surface area contributed by atoms with Gasteiger partial charge in [-0.1, -0.05) is 41.9 Å². The topological polar surface area (TPSA) is 32.9 Å². The van der Waals surface area contributed by atoms with E-state index >= 15 is 0 Å². The van der Waals surface area contributed by atoms with Gasteiger partial charge in [0.25, 0.3) is 5.56 Å². The summed E-state index contributed by atoms with van der Waals surface area (Å²) in [4.78, 5) is 14.0. The van der Waals surface area contributed by atoms with Crippen molar-refractivity contribution in [2.24, 2.45) is 0 Å². The molecule has 82 valence electrons. The summed E-state index contributed by atoms with van der Waals surface area (Å²) in [5, 5.41) is 0.565. The van der Waals surface area contributed by atoms with E-state index in [0.29, 0.717) is 15.9 Å². The van der Waals surface area contributed by atoms with Gasteiger partial charge >= 0.3 is 0 Å². The lowest BCUT2D eigenvalue weighted by molar-refractivity contribution is 1.11. The maximum Gasteiger partial charge on any atom is 0.262 e. The highest BCUT2D eigenvalue weighted by Crippen LogP contribution is 2.23. The molecule has 1 aromatic carbocycles. The largest absolute Gasteiger partial charge is 0.327 e. The zero-order chi connectivity index (χ0) is 11.5. The Bertz CT molecular complexity index is 551. The maximum absolute atomic E-state index is 11.4. The van der Waals surface area contributed by atoms with Crippen molar-refractivity contribution in [3.05, 3.63) is 67.5 Å². The van der Waals surface area contributed by atoms with Crippen molar-refractivity contribution in [1.82, 2.24) is 4.98 Å². The number of hydrogen-bond donors (Lipinski definition) is 1. The molecule has 2 nitrogen and oxygen atoms in total. The van der Waals surface area contributed by atoms with E-state index in [0.717, 1.165) is 11.1 Å². The first-order chi connectivity index (χ1) is 7.68. The molecule has 0 atom stereocenters. The van der Waals surface area contributed by atoms with Crippen LogP contribution in [0.5, 0.6) is 0 Å². The predicted octanol–water partition coefficient (Wildman–Crippen LogP) is 3.38. The van der Waals surface area contributed by atoms with Gasteiger partial charge in [-0.25, -0.2) is 0 Å². The molecule has 0 fully saturated rings. The molecule has 1 heterocycles. The number of benzene rings is 1. The van der Waals surface area contributed by atoms with Crippen molar-refractivity contribution in [3.8, 4) is 0 Å². The van der Waals surface area contributed by atoms with Crippen molar-refractivity contribution >= 4 is 27.5 Å². The summed E-state index contributed by atoms with van der Waals surface area (Å²) in [5.41, 5.74) is 1.78. The molecule has 0 bridgehead atoms. The monoisotopic (exact) mass is 297 g/mol. The second-order valence-corrected chi connectivity index (χ2v) is 4.62. The average Bonchev–Trinajstić information content (AvgIpc) is 2.31. The van der Waals surface area contributed by atoms with Crippen LogP contribution in [0.4, 0.5) is 0 Å². The minimum atomic E-state index is -0.157. The van der Waals surface area contributed by atoms with Gasteiger partial charge in [0.2, 0.25) is 0 Å². The number of halogens is 2. The van der Waals surface area contributed by atoms with Crippen LogP contribution in [0.25, 0.3) is 0 Å². The lowest BCUT2D eigenvalue weighted by Crippen LogP contribution is -2.09. The van der Waals surface area contributed by atoms with Crippen LogP contribution in [-0.4, -0.2) is 4.98 Å². The summed E-state index contributed by atoms with van der Waals surface area (Å²) in [6, 6.07) is 9.89. The molecular weight excluding hydrogens is 289 g/mol. The summed E-state index contributed by atoms with van der Waals surface area (Å²) in [6.07, 6.45) is 2.16. The molecule has 0 spiro atoms. The van der Waals surface area contributed by atoms with Crippen LogP contribution in [0, 0.1) is 0 Å². The number of nitrogens with one attached hydrogen (secondary N) is 1. The fourth-order valence-electron chi connectivity index (χ4n) is 1.48. The molecule has 0 saturated heterocycles. The molecule has 0 amide bonds. The summed E-state index contributed by atoms with van der Waals surface area (Å²) < 4.78 is 0.504. The second kappa shape index (κ2) is 4.85. The number of H-pyrrole nitrogens is 1.